The maximum Gasteiger partial charge on any atom is 0.274 e. The van der Waals surface area contributed by atoms with Gasteiger partial charge < -0.3 is 9.47 Å². The highest BCUT2D eigenvalue weighted by molar-refractivity contribution is 7.89. The van der Waals surface area contributed by atoms with Gasteiger partial charge in [-0.2, -0.15) is 4.31 Å². The van der Waals surface area contributed by atoms with Crippen molar-refractivity contribution in [3.63, 3.8) is 0 Å². The van der Waals surface area contributed by atoms with E-state index >= 15 is 0 Å². The zero-order chi connectivity index (χ0) is 19.0. The zero-order valence-corrected chi connectivity index (χ0v) is 16.4. The summed E-state index contributed by atoms with van der Waals surface area (Å²) in [6, 6.07) is 9.51. The van der Waals surface area contributed by atoms with Crippen LogP contribution in [0.15, 0.2) is 41.4 Å². The number of hydrogen-bond donors (Lipinski definition) is 0. The first-order chi connectivity index (χ1) is 13.0. The largest absolute Gasteiger partial charge is 0.345 e. The molecule has 1 saturated heterocycles. The summed E-state index contributed by atoms with van der Waals surface area (Å²) in [5, 5.41) is 0. The molecule has 1 aromatic heterocycles. The van der Waals surface area contributed by atoms with Crippen LogP contribution >= 0.6 is 0 Å². The van der Waals surface area contributed by atoms with Crippen molar-refractivity contribution in [1.82, 2.24) is 8.87 Å². The van der Waals surface area contributed by atoms with Crippen LogP contribution < -0.4 is 4.90 Å². The third kappa shape index (κ3) is 3.30. The van der Waals surface area contributed by atoms with Crippen molar-refractivity contribution in [2.45, 2.75) is 37.0 Å². The number of amides is 1. The van der Waals surface area contributed by atoms with Gasteiger partial charge in [-0.15, -0.1) is 0 Å². The predicted molar refractivity (Wildman–Crippen MR) is 104 cm³/mol. The fraction of sp³-hybridized carbons (Fsp3) is 0.450. The topological polar surface area (TPSA) is 62.6 Å². The number of rotatable bonds is 3. The van der Waals surface area contributed by atoms with E-state index in [1.54, 1.807) is 22.7 Å². The Morgan fingerprint density at radius 3 is 2.48 bits per heavy atom. The van der Waals surface area contributed by atoms with E-state index in [1.807, 2.05) is 18.2 Å². The first-order valence-corrected chi connectivity index (χ1v) is 11.0. The molecular weight excluding hydrogens is 362 g/mol. The van der Waals surface area contributed by atoms with E-state index in [-0.39, 0.29) is 10.8 Å². The summed E-state index contributed by atoms with van der Waals surface area (Å²) in [5.41, 5.74) is 2.51. The molecule has 0 bridgehead atoms. The number of sulfonamides is 1. The van der Waals surface area contributed by atoms with Crippen LogP contribution in [0.2, 0.25) is 0 Å². The Bertz CT molecular complexity index is 959. The molecule has 1 aromatic carbocycles. The molecule has 2 aliphatic heterocycles. The number of benzene rings is 1. The van der Waals surface area contributed by atoms with Crippen LogP contribution in [0.5, 0.6) is 0 Å². The molecule has 0 N–H and O–H groups in total. The van der Waals surface area contributed by atoms with Crippen molar-refractivity contribution in [3.05, 3.63) is 47.8 Å². The molecule has 0 saturated carbocycles. The molecule has 6 nitrogen and oxygen atoms in total. The Kier molecular flexibility index (Phi) is 4.82. The average molecular weight is 388 g/mol. The third-order valence-corrected chi connectivity index (χ3v) is 7.37. The van der Waals surface area contributed by atoms with Crippen LogP contribution in [0.25, 0.3) is 0 Å². The van der Waals surface area contributed by atoms with E-state index in [0.29, 0.717) is 25.3 Å². The molecule has 2 aromatic rings. The number of fused-ring (bicyclic) bond motifs is 1. The van der Waals surface area contributed by atoms with Crippen LogP contribution in [0.4, 0.5) is 5.69 Å². The number of para-hydroxylation sites is 1. The van der Waals surface area contributed by atoms with Gasteiger partial charge in [-0.05, 0) is 49.8 Å². The minimum atomic E-state index is -3.53. The fourth-order valence-corrected chi connectivity index (χ4v) is 5.59. The van der Waals surface area contributed by atoms with E-state index in [1.165, 1.54) is 15.9 Å². The molecule has 0 spiro atoms. The number of carbonyl (C=O) groups excluding carboxylic acids is 1. The monoisotopic (exact) mass is 387 g/mol. The molecule has 0 radical (unpaired) electrons. The van der Waals surface area contributed by atoms with Crippen molar-refractivity contribution < 1.29 is 13.2 Å². The van der Waals surface area contributed by atoms with Gasteiger partial charge in [-0.25, -0.2) is 8.42 Å². The van der Waals surface area contributed by atoms with Gasteiger partial charge in [-0.1, -0.05) is 18.2 Å². The SMILES string of the molecule is Cn1cc(S(=O)(=O)N2CCCC2)cc1C(=O)N1CCCCc2ccccc21. The predicted octanol–water partition coefficient (Wildman–Crippen LogP) is 2.79. The van der Waals surface area contributed by atoms with Crippen LogP contribution in [-0.2, 0) is 23.5 Å². The lowest BCUT2D eigenvalue weighted by Gasteiger charge is -2.23. The minimum Gasteiger partial charge on any atom is -0.345 e. The summed E-state index contributed by atoms with van der Waals surface area (Å²) in [5.74, 6) is -0.144. The molecule has 1 amide bonds. The molecule has 0 aliphatic carbocycles. The maximum atomic E-state index is 13.3. The van der Waals surface area contributed by atoms with Crippen LogP contribution in [-0.4, -0.2) is 42.8 Å². The molecular formula is C20H25N3O3S. The molecule has 3 heterocycles. The minimum absolute atomic E-state index is 0.144. The van der Waals surface area contributed by atoms with Crippen LogP contribution in [0.3, 0.4) is 0 Å². The van der Waals surface area contributed by atoms with E-state index in [2.05, 4.69) is 6.07 Å². The number of aryl methyl sites for hydroxylation is 2. The van der Waals surface area contributed by atoms with Crippen molar-refractivity contribution in [2.24, 2.45) is 7.05 Å². The van der Waals surface area contributed by atoms with Gasteiger partial charge in [0.1, 0.15) is 10.6 Å². The lowest BCUT2D eigenvalue weighted by Crippen LogP contribution is -2.33. The van der Waals surface area contributed by atoms with Gasteiger partial charge in [0.25, 0.3) is 5.91 Å². The van der Waals surface area contributed by atoms with Crippen LogP contribution in [0.1, 0.15) is 41.7 Å². The number of aromatic nitrogens is 1. The normalized spacial score (nSPS) is 18.3. The quantitative estimate of drug-likeness (QED) is 0.814. The fourth-order valence-electron chi connectivity index (χ4n) is 4.01. The first kappa shape index (κ1) is 18.3. The van der Waals surface area contributed by atoms with Crippen molar-refractivity contribution >= 4 is 21.6 Å². The Labute approximate surface area is 160 Å². The van der Waals surface area contributed by atoms with Crippen LogP contribution in [0, 0.1) is 0 Å². The highest BCUT2D eigenvalue weighted by Gasteiger charge is 2.31. The molecule has 0 unspecified atom stereocenters. The Hall–Kier alpha value is -2.12. The molecule has 1 fully saturated rings. The second-order valence-corrected chi connectivity index (χ2v) is 9.26. The summed E-state index contributed by atoms with van der Waals surface area (Å²) in [4.78, 5) is 15.3. The standard InChI is InChI=1S/C20H25N3O3S/c1-21-15-17(27(25,26)22-11-6-7-12-22)14-19(21)20(24)23-13-5-4-9-16-8-2-3-10-18(16)23/h2-3,8,10,14-15H,4-7,9,11-13H2,1H3. The first-order valence-electron chi connectivity index (χ1n) is 9.55. The second-order valence-electron chi connectivity index (χ2n) is 7.33. The smallest absolute Gasteiger partial charge is 0.274 e. The third-order valence-electron chi connectivity index (χ3n) is 5.51. The van der Waals surface area contributed by atoms with Gasteiger partial charge in [0.05, 0.1) is 0 Å². The van der Waals surface area contributed by atoms with Gasteiger partial charge in [0, 0.05) is 38.6 Å². The summed E-state index contributed by atoms with van der Waals surface area (Å²) >= 11 is 0. The van der Waals surface area contributed by atoms with Gasteiger partial charge in [0.15, 0.2) is 0 Å². The molecule has 7 heteroatoms. The summed E-state index contributed by atoms with van der Waals surface area (Å²) in [6.07, 6.45) is 6.28. The lowest BCUT2D eigenvalue weighted by atomic mass is 10.1. The number of anilines is 1. The number of hydrogen-bond acceptors (Lipinski definition) is 3. The van der Waals surface area contributed by atoms with Gasteiger partial charge in [-0.3, -0.25) is 4.79 Å². The molecule has 4 rings (SSSR count). The van der Waals surface area contributed by atoms with E-state index in [9.17, 15) is 13.2 Å². The lowest BCUT2D eigenvalue weighted by molar-refractivity contribution is 0.0979. The highest BCUT2D eigenvalue weighted by Crippen LogP contribution is 2.29. The van der Waals surface area contributed by atoms with Crippen molar-refractivity contribution in [2.75, 3.05) is 24.5 Å². The maximum absolute atomic E-state index is 13.3. The van der Waals surface area contributed by atoms with E-state index in [0.717, 1.165) is 37.8 Å². The summed E-state index contributed by atoms with van der Waals surface area (Å²) < 4.78 is 28.8. The molecule has 27 heavy (non-hydrogen) atoms. The second kappa shape index (κ2) is 7.13. The highest BCUT2D eigenvalue weighted by atomic mass is 32.2. The van der Waals surface area contributed by atoms with Gasteiger partial charge in [0.2, 0.25) is 10.0 Å². The van der Waals surface area contributed by atoms with E-state index < -0.39 is 10.0 Å². The number of nitrogens with zero attached hydrogens (tertiary/aromatic N) is 3. The Morgan fingerprint density at radius 2 is 1.70 bits per heavy atom. The zero-order valence-electron chi connectivity index (χ0n) is 15.6. The molecule has 0 atom stereocenters. The Morgan fingerprint density at radius 1 is 1.00 bits per heavy atom. The summed E-state index contributed by atoms with van der Waals surface area (Å²) in [7, 11) is -1.79. The summed E-state index contributed by atoms with van der Waals surface area (Å²) in [6.45, 7) is 1.76. The van der Waals surface area contributed by atoms with Crippen molar-refractivity contribution in [1.29, 1.82) is 0 Å². The van der Waals surface area contributed by atoms with Crippen molar-refractivity contribution in [3.8, 4) is 0 Å². The van der Waals surface area contributed by atoms with Gasteiger partial charge >= 0.3 is 0 Å². The average Bonchev–Trinajstić information content (AvgIpc) is 3.28. The van der Waals surface area contributed by atoms with E-state index in [4.69, 9.17) is 0 Å². The Balaban J connectivity index is 1.68. The molecule has 144 valence electrons. The molecule has 2 aliphatic rings. The number of carbonyl (C=O) groups is 1.